The van der Waals surface area contributed by atoms with Crippen LogP contribution < -0.4 is 5.32 Å². The molecule has 0 saturated carbocycles. The van der Waals surface area contributed by atoms with Gasteiger partial charge in [-0.15, -0.1) is 0 Å². The first-order valence-corrected chi connectivity index (χ1v) is 11.9. The summed E-state index contributed by atoms with van der Waals surface area (Å²) in [6, 6.07) is 4.87. The van der Waals surface area contributed by atoms with Gasteiger partial charge in [-0.1, -0.05) is 11.6 Å². The molecular weight excluding hydrogens is 473 g/mol. The van der Waals surface area contributed by atoms with E-state index in [1.807, 2.05) is 37.5 Å². The number of rotatable bonds is 6. The fourth-order valence-corrected chi connectivity index (χ4v) is 4.96. The van der Waals surface area contributed by atoms with Crippen LogP contribution in [-0.2, 0) is 17.9 Å². The molecule has 0 radical (unpaired) electrons. The standard InChI is InChI=1S/C24H27ClFN7O2/c1-12(2)33-13(3)28-22-17(26)7-14(8-19(22)33)21-16(25)10-27-24(30-21)29-18-5-6-32-20(23(18)34)9-15(31-32)11-35-4/h7-10,12,18,23,34H,5-6,11H2,1-4H3,(H,27,29,30)/t18?,23-/m0/s1. The number of benzene rings is 1. The second-order valence-corrected chi connectivity index (χ2v) is 9.45. The number of halogens is 2. The number of imidazole rings is 1. The first-order valence-electron chi connectivity index (χ1n) is 11.5. The van der Waals surface area contributed by atoms with Crippen LogP contribution in [0.25, 0.3) is 22.3 Å². The maximum absolute atomic E-state index is 15.0. The van der Waals surface area contributed by atoms with Gasteiger partial charge in [0.05, 0.1) is 46.5 Å². The summed E-state index contributed by atoms with van der Waals surface area (Å²) in [5.41, 5.74) is 3.40. The van der Waals surface area contributed by atoms with Gasteiger partial charge in [0, 0.05) is 25.3 Å². The van der Waals surface area contributed by atoms with Gasteiger partial charge in [-0.2, -0.15) is 5.10 Å². The molecule has 35 heavy (non-hydrogen) atoms. The van der Waals surface area contributed by atoms with E-state index in [1.165, 1.54) is 12.3 Å². The molecular formula is C24H27ClFN7O2. The van der Waals surface area contributed by atoms with Crippen LogP contribution in [0.1, 0.15) is 49.6 Å². The summed E-state index contributed by atoms with van der Waals surface area (Å²) in [7, 11) is 1.61. The smallest absolute Gasteiger partial charge is 0.223 e. The van der Waals surface area contributed by atoms with Crippen molar-refractivity contribution in [3.05, 3.63) is 52.4 Å². The molecule has 1 aliphatic heterocycles. The van der Waals surface area contributed by atoms with E-state index in [-0.39, 0.29) is 12.1 Å². The van der Waals surface area contributed by atoms with E-state index in [9.17, 15) is 5.11 Å². The van der Waals surface area contributed by atoms with Gasteiger partial charge in [0.25, 0.3) is 0 Å². The molecule has 2 N–H and O–H groups in total. The zero-order valence-electron chi connectivity index (χ0n) is 20.0. The highest BCUT2D eigenvalue weighted by atomic mass is 35.5. The van der Waals surface area contributed by atoms with Gasteiger partial charge >= 0.3 is 0 Å². The average Bonchev–Trinajstić information content (AvgIpc) is 3.38. The van der Waals surface area contributed by atoms with Crippen molar-refractivity contribution in [2.75, 3.05) is 12.4 Å². The topological polar surface area (TPSA) is 103 Å². The zero-order valence-corrected chi connectivity index (χ0v) is 20.7. The molecule has 3 aromatic heterocycles. The number of hydrogen-bond donors (Lipinski definition) is 2. The number of ether oxygens (including phenoxy) is 1. The molecule has 1 unspecified atom stereocenters. The Morgan fingerprint density at radius 1 is 1.29 bits per heavy atom. The van der Waals surface area contributed by atoms with E-state index in [2.05, 4.69) is 25.4 Å². The number of fused-ring (bicyclic) bond motifs is 2. The van der Waals surface area contributed by atoms with Crippen molar-refractivity contribution < 1.29 is 14.2 Å². The van der Waals surface area contributed by atoms with E-state index in [1.54, 1.807) is 11.8 Å². The van der Waals surface area contributed by atoms with Crippen LogP contribution in [-0.4, -0.2) is 47.6 Å². The summed E-state index contributed by atoms with van der Waals surface area (Å²) in [6.07, 6.45) is 1.30. The van der Waals surface area contributed by atoms with Crippen molar-refractivity contribution in [1.29, 1.82) is 0 Å². The Hall–Kier alpha value is -3.08. The summed E-state index contributed by atoms with van der Waals surface area (Å²) in [6.45, 7) is 6.92. The van der Waals surface area contributed by atoms with Crippen LogP contribution in [0.5, 0.6) is 0 Å². The zero-order chi connectivity index (χ0) is 24.9. The normalized spacial score (nSPS) is 17.8. The van der Waals surface area contributed by atoms with Crippen molar-refractivity contribution in [2.45, 2.75) is 58.5 Å². The van der Waals surface area contributed by atoms with Crippen LogP contribution in [0.3, 0.4) is 0 Å². The number of aromatic nitrogens is 6. The highest BCUT2D eigenvalue weighted by molar-refractivity contribution is 6.33. The summed E-state index contributed by atoms with van der Waals surface area (Å²) >= 11 is 6.44. The predicted molar refractivity (Wildman–Crippen MR) is 131 cm³/mol. The monoisotopic (exact) mass is 499 g/mol. The lowest BCUT2D eigenvalue weighted by molar-refractivity contribution is 0.120. The summed E-state index contributed by atoms with van der Waals surface area (Å²) in [5.74, 6) is 0.598. The number of nitrogens with zero attached hydrogens (tertiary/aromatic N) is 6. The Kier molecular flexibility index (Phi) is 6.20. The van der Waals surface area contributed by atoms with Crippen molar-refractivity contribution in [1.82, 2.24) is 29.3 Å². The minimum absolute atomic E-state index is 0.110. The first-order chi connectivity index (χ1) is 16.8. The molecule has 0 bridgehead atoms. The number of nitrogens with one attached hydrogen (secondary N) is 1. The number of aryl methyl sites for hydroxylation is 2. The highest BCUT2D eigenvalue weighted by Gasteiger charge is 2.30. The molecule has 1 aliphatic rings. The Morgan fingerprint density at radius 2 is 2.09 bits per heavy atom. The third-order valence-electron chi connectivity index (χ3n) is 6.26. The van der Waals surface area contributed by atoms with Crippen LogP contribution in [0.4, 0.5) is 10.3 Å². The number of aliphatic hydroxyl groups is 1. The summed E-state index contributed by atoms with van der Waals surface area (Å²) in [5, 5.41) is 18.9. The molecule has 0 fully saturated rings. The third-order valence-corrected chi connectivity index (χ3v) is 6.54. The molecule has 0 saturated heterocycles. The molecule has 0 aliphatic carbocycles. The van der Waals surface area contributed by atoms with Crippen molar-refractivity contribution >= 4 is 28.6 Å². The fourth-order valence-electron chi connectivity index (χ4n) is 4.76. The van der Waals surface area contributed by atoms with E-state index in [0.29, 0.717) is 58.5 Å². The van der Waals surface area contributed by atoms with E-state index < -0.39 is 11.9 Å². The van der Waals surface area contributed by atoms with Gasteiger partial charge in [-0.25, -0.2) is 19.3 Å². The molecule has 4 heterocycles. The Balaban J connectivity index is 1.47. The summed E-state index contributed by atoms with van der Waals surface area (Å²) in [4.78, 5) is 13.3. The van der Waals surface area contributed by atoms with Gasteiger partial charge < -0.3 is 19.7 Å². The number of hydrogen-bond acceptors (Lipinski definition) is 7. The molecule has 184 valence electrons. The van der Waals surface area contributed by atoms with Gasteiger partial charge in [-0.3, -0.25) is 4.68 Å². The molecule has 2 atom stereocenters. The number of aliphatic hydroxyl groups excluding tert-OH is 1. The number of anilines is 1. The molecule has 11 heteroatoms. The predicted octanol–water partition coefficient (Wildman–Crippen LogP) is 4.44. The Bertz CT molecular complexity index is 1400. The maximum atomic E-state index is 15.0. The van der Waals surface area contributed by atoms with Crippen molar-refractivity contribution in [3.8, 4) is 11.3 Å². The second-order valence-electron chi connectivity index (χ2n) is 9.04. The lowest BCUT2D eigenvalue weighted by Gasteiger charge is -2.29. The quantitative estimate of drug-likeness (QED) is 0.404. The molecule has 1 aromatic carbocycles. The van der Waals surface area contributed by atoms with Crippen LogP contribution in [0, 0.1) is 12.7 Å². The molecule has 0 spiro atoms. The van der Waals surface area contributed by atoms with Gasteiger partial charge in [0.15, 0.2) is 5.82 Å². The SMILES string of the molecule is COCc1cc2n(n1)CCC(Nc1ncc(Cl)c(-c3cc(F)c4nc(C)n(C(C)C)c4c3)n1)[C@@H]2O. The summed E-state index contributed by atoms with van der Waals surface area (Å²) < 4.78 is 23.9. The maximum Gasteiger partial charge on any atom is 0.223 e. The minimum Gasteiger partial charge on any atom is -0.385 e. The highest BCUT2D eigenvalue weighted by Crippen LogP contribution is 2.33. The van der Waals surface area contributed by atoms with Crippen molar-refractivity contribution in [3.63, 3.8) is 0 Å². The van der Waals surface area contributed by atoms with Crippen molar-refractivity contribution in [2.24, 2.45) is 0 Å². The van der Waals surface area contributed by atoms with E-state index in [4.69, 9.17) is 16.3 Å². The first kappa shape index (κ1) is 23.7. The lowest BCUT2D eigenvalue weighted by atomic mass is 10.0. The Morgan fingerprint density at radius 3 is 2.83 bits per heavy atom. The largest absolute Gasteiger partial charge is 0.385 e. The average molecular weight is 500 g/mol. The van der Waals surface area contributed by atoms with Crippen LogP contribution >= 0.6 is 11.6 Å². The van der Waals surface area contributed by atoms with E-state index >= 15 is 4.39 Å². The minimum atomic E-state index is -0.804. The fraction of sp³-hybridized carbons (Fsp3) is 0.417. The molecule has 9 nitrogen and oxygen atoms in total. The van der Waals surface area contributed by atoms with Gasteiger partial charge in [0.1, 0.15) is 17.4 Å². The van der Waals surface area contributed by atoms with Crippen LogP contribution in [0.2, 0.25) is 5.02 Å². The van der Waals surface area contributed by atoms with Gasteiger partial charge in [0.2, 0.25) is 5.95 Å². The second kappa shape index (κ2) is 9.18. The molecule has 0 amide bonds. The van der Waals surface area contributed by atoms with Gasteiger partial charge in [-0.05, 0) is 45.4 Å². The molecule has 4 aromatic rings. The third kappa shape index (κ3) is 4.26. The number of methoxy groups -OCH3 is 1. The molecule has 5 rings (SSSR count). The lowest BCUT2D eigenvalue weighted by Crippen LogP contribution is -2.35. The van der Waals surface area contributed by atoms with Crippen LogP contribution in [0.15, 0.2) is 24.4 Å². The van der Waals surface area contributed by atoms with E-state index in [0.717, 1.165) is 11.5 Å². The Labute approximate surface area is 206 Å².